The Morgan fingerprint density at radius 1 is 1.27 bits per heavy atom. The number of nitrogen functional groups attached to an aromatic ring is 1. The maximum Gasteiger partial charge on any atom is 0.0409 e. The van der Waals surface area contributed by atoms with Crippen molar-refractivity contribution in [1.82, 2.24) is 0 Å². The molecule has 0 radical (unpaired) electrons. The summed E-state index contributed by atoms with van der Waals surface area (Å²) < 4.78 is 0. The summed E-state index contributed by atoms with van der Waals surface area (Å²) in [5, 5.41) is 7.38. The minimum atomic E-state index is 0.661. The predicted octanol–water partition coefficient (Wildman–Crippen LogP) is 3.30. The van der Waals surface area contributed by atoms with E-state index in [4.69, 9.17) is 11.1 Å². The Morgan fingerprint density at radius 2 is 2.07 bits per heavy atom. The molecule has 0 aliphatic carbocycles. The van der Waals surface area contributed by atoms with Crippen LogP contribution in [0.3, 0.4) is 0 Å². The van der Waals surface area contributed by atoms with Crippen molar-refractivity contribution in [3.8, 4) is 10.4 Å². The molecule has 1 aromatic heterocycles. The lowest BCUT2D eigenvalue weighted by Crippen LogP contribution is -1.94. The summed E-state index contributed by atoms with van der Waals surface area (Å²) in [7, 11) is 0. The van der Waals surface area contributed by atoms with E-state index in [0.717, 1.165) is 11.1 Å². The minimum absolute atomic E-state index is 0.661. The van der Waals surface area contributed by atoms with Gasteiger partial charge in [0.05, 0.1) is 0 Å². The van der Waals surface area contributed by atoms with Crippen LogP contribution in [0.1, 0.15) is 10.4 Å². The number of aryl methyl sites for hydroxylation is 1. The Morgan fingerprint density at radius 3 is 2.67 bits per heavy atom. The molecule has 0 unspecified atom stereocenters. The largest absolute Gasteiger partial charge is 0.398 e. The molecule has 0 bridgehead atoms. The average molecular weight is 216 g/mol. The van der Waals surface area contributed by atoms with Gasteiger partial charge in [0.15, 0.2) is 0 Å². The minimum Gasteiger partial charge on any atom is -0.398 e. The summed E-state index contributed by atoms with van der Waals surface area (Å²) >= 11 is 1.72. The second kappa shape index (κ2) is 3.87. The summed E-state index contributed by atoms with van der Waals surface area (Å²) in [6.45, 7) is 2.07. The van der Waals surface area contributed by atoms with Gasteiger partial charge >= 0.3 is 0 Å². The molecule has 0 fully saturated rings. The van der Waals surface area contributed by atoms with E-state index in [1.807, 2.05) is 18.2 Å². The number of anilines is 1. The molecule has 2 rings (SSSR count). The van der Waals surface area contributed by atoms with Gasteiger partial charge in [0.25, 0.3) is 0 Å². The van der Waals surface area contributed by atoms with Crippen LogP contribution >= 0.6 is 11.3 Å². The summed E-state index contributed by atoms with van der Waals surface area (Å²) in [4.78, 5) is 2.43. The zero-order valence-corrected chi connectivity index (χ0v) is 9.27. The SMILES string of the molecule is Cc1ccc(-c2cccc(N)c2C=N)s1. The number of thiophene rings is 1. The molecule has 2 aromatic rings. The highest BCUT2D eigenvalue weighted by Gasteiger charge is 2.07. The maximum atomic E-state index is 7.38. The summed E-state index contributed by atoms with van der Waals surface area (Å²) in [6, 6.07) is 9.90. The Hall–Kier alpha value is -1.61. The van der Waals surface area contributed by atoms with Gasteiger partial charge < -0.3 is 11.1 Å². The number of nitrogens with one attached hydrogen (secondary N) is 1. The predicted molar refractivity (Wildman–Crippen MR) is 66.8 cm³/mol. The highest BCUT2D eigenvalue weighted by atomic mass is 32.1. The third-order valence-electron chi connectivity index (χ3n) is 2.29. The van der Waals surface area contributed by atoms with Crippen molar-refractivity contribution < 1.29 is 0 Å². The van der Waals surface area contributed by atoms with Crippen LogP contribution in [0.5, 0.6) is 0 Å². The summed E-state index contributed by atoms with van der Waals surface area (Å²) in [5.74, 6) is 0. The first-order valence-corrected chi connectivity index (χ1v) is 5.50. The maximum absolute atomic E-state index is 7.38. The van der Waals surface area contributed by atoms with Crippen LogP contribution in [0.4, 0.5) is 5.69 Å². The molecule has 0 aliphatic heterocycles. The molecular weight excluding hydrogens is 204 g/mol. The number of hydrogen-bond acceptors (Lipinski definition) is 3. The van der Waals surface area contributed by atoms with E-state index >= 15 is 0 Å². The van der Waals surface area contributed by atoms with Gasteiger partial charge in [-0.15, -0.1) is 11.3 Å². The molecule has 15 heavy (non-hydrogen) atoms. The molecular formula is C12H12N2S. The van der Waals surface area contributed by atoms with Crippen molar-refractivity contribution in [2.45, 2.75) is 6.92 Å². The summed E-state index contributed by atoms with van der Waals surface area (Å²) in [5.41, 5.74) is 8.34. The van der Waals surface area contributed by atoms with E-state index < -0.39 is 0 Å². The third-order valence-corrected chi connectivity index (χ3v) is 3.32. The standard InChI is InChI=1S/C12H12N2S/c1-8-5-6-12(15-8)9-3-2-4-11(14)10(9)7-13/h2-7,13H,14H2,1H3. The van der Waals surface area contributed by atoms with Gasteiger partial charge in [-0.25, -0.2) is 0 Å². The van der Waals surface area contributed by atoms with Gasteiger partial charge in [0, 0.05) is 32.8 Å². The lowest BCUT2D eigenvalue weighted by molar-refractivity contribution is 1.54. The van der Waals surface area contributed by atoms with Crippen LogP contribution in [-0.4, -0.2) is 6.21 Å². The fraction of sp³-hybridized carbons (Fsp3) is 0.0833. The first-order chi connectivity index (χ1) is 7.22. The van der Waals surface area contributed by atoms with Gasteiger partial charge in [-0.2, -0.15) is 0 Å². The van der Waals surface area contributed by atoms with E-state index in [2.05, 4.69) is 19.1 Å². The third kappa shape index (κ3) is 1.78. The lowest BCUT2D eigenvalue weighted by atomic mass is 10.1. The molecule has 0 atom stereocenters. The molecule has 3 heteroatoms. The van der Waals surface area contributed by atoms with Crippen molar-refractivity contribution in [2.24, 2.45) is 0 Å². The van der Waals surface area contributed by atoms with Crippen LogP contribution in [0.15, 0.2) is 30.3 Å². The van der Waals surface area contributed by atoms with Gasteiger partial charge in [0.1, 0.15) is 0 Å². The van der Waals surface area contributed by atoms with Crippen LogP contribution in [0, 0.1) is 12.3 Å². The Labute approximate surface area is 92.9 Å². The quantitative estimate of drug-likeness (QED) is 0.587. The van der Waals surface area contributed by atoms with E-state index in [-0.39, 0.29) is 0 Å². The molecule has 2 nitrogen and oxygen atoms in total. The molecule has 1 heterocycles. The van der Waals surface area contributed by atoms with E-state index in [0.29, 0.717) is 5.69 Å². The van der Waals surface area contributed by atoms with E-state index in [1.54, 1.807) is 11.3 Å². The highest BCUT2D eigenvalue weighted by molar-refractivity contribution is 7.15. The van der Waals surface area contributed by atoms with Crippen LogP contribution in [0.25, 0.3) is 10.4 Å². The first-order valence-electron chi connectivity index (χ1n) is 4.68. The normalized spacial score (nSPS) is 10.2. The van der Waals surface area contributed by atoms with Crippen LogP contribution < -0.4 is 5.73 Å². The average Bonchev–Trinajstić information content (AvgIpc) is 2.64. The number of benzene rings is 1. The highest BCUT2D eigenvalue weighted by Crippen LogP contribution is 2.31. The van der Waals surface area contributed by atoms with Crippen LogP contribution in [-0.2, 0) is 0 Å². The van der Waals surface area contributed by atoms with Gasteiger partial charge in [-0.1, -0.05) is 12.1 Å². The number of hydrogen-bond donors (Lipinski definition) is 2. The van der Waals surface area contributed by atoms with E-state index in [1.165, 1.54) is 16.0 Å². The zero-order chi connectivity index (χ0) is 10.8. The Kier molecular flexibility index (Phi) is 2.56. The van der Waals surface area contributed by atoms with E-state index in [9.17, 15) is 0 Å². The second-order valence-corrected chi connectivity index (χ2v) is 4.65. The fourth-order valence-corrected chi connectivity index (χ4v) is 2.45. The lowest BCUT2D eigenvalue weighted by Gasteiger charge is -2.05. The number of nitrogens with two attached hydrogens (primary N) is 1. The van der Waals surface area contributed by atoms with Crippen molar-refractivity contribution in [3.05, 3.63) is 40.8 Å². The second-order valence-electron chi connectivity index (χ2n) is 3.36. The fourth-order valence-electron chi connectivity index (χ4n) is 1.54. The topological polar surface area (TPSA) is 49.9 Å². The van der Waals surface area contributed by atoms with Crippen molar-refractivity contribution >= 4 is 23.2 Å². The smallest absolute Gasteiger partial charge is 0.0409 e. The molecule has 0 aliphatic rings. The molecule has 0 spiro atoms. The monoisotopic (exact) mass is 216 g/mol. The molecule has 0 saturated heterocycles. The Bertz CT molecular complexity index is 500. The van der Waals surface area contributed by atoms with Gasteiger partial charge in [-0.3, -0.25) is 0 Å². The van der Waals surface area contributed by atoms with Gasteiger partial charge in [-0.05, 0) is 25.1 Å². The van der Waals surface area contributed by atoms with Crippen molar-refractivity contribution in [2.75, 3.05) is 5.73 Å². The zero-order valence-electron chi connectivity index (χ0n) is 8.45. The Balaban J connectivity index is 2.62. The molecule has 1 aromatic carbocycles. The molecule has 0 saturated carbocycles. The number of rotatable bonds is 2. The molecule has 76 valence electrons. The van der Waals surface area contributed by atoms with Crippen molar-refractivity contribution in [3.63, 3.8) is 0 Å². The molecule has 3 N–H and O–H groups in total. The van der Waals surface area contributed by atoms with Gasteiger partial charge in [0.2, 0.25) is 0 Å². The van der Waals surface area contributed by atoms with Crippen LogP contribution in [0.2, 0.25) is 0 Å². The molecule has 0 amide bonds. The first kappa shape index (κ1) is 9.93. The van der Waals surface area contributed by atoms with Crippen molar-refractivity contribution in [1.29, 1.82) is 5.41 Å². The summed E-state index contributed by atoms with van der Waals surface area (Å²) in [6.07, 6.45) is 1.32.